The van der Waals surface area contributed by atoms with Crippen molar-refractivity contribution >= 4 is 16.6 Å². The molecule has 1 N–H and O–H groups in total. The highest BCUT2D eigenvalue weighted by atomic mass is 19.1. The molecule has 0 aliphatic carbocycles. The van der Waals surface area contributed by atoms with Gasteiger partial charge in [0.15, 0.2) is 0 Å². The molecule has 1 aliphatic heterocycles. The summed E-state index contributed by atoms with van der Waals surface area (Å²) in [5.74, 6) is -0.343. The third kappa shape index (κ3) is 1.81. The van der Waals surface area contributed by atoms with E-state index in [4.69, 9.17) is 0 Å². The summed E-state index contributed by atoms with van der Waals surface area (Å²) in [6, 6.07) is 4.91. The lowest BCUT2D eigenvalue weighted by molar-refractivity contribution is 0.142. The Hall–Kier alpha value is -2.19. The van der Waals surface area contributed by atoms with E-state index in [2.05, 4.69) is 11.1 Å². The van der Waals surface area contributed by atoms with Crippen LogP contribution in [0.15, 0.2) is 18.3 Å². The Morgan fingerprint density at radius 2 is 2.21 bits per heavy atom. The minimum absolute atomic E-state index is 0.343. The number of anilines is 1. The van der Waals surface area contributed by atoms with Gasteiger partial charge in [-0.15, -0.1) is 0 Å². The first kappa shape index (κ1) is 11.9. The van der Waals surface area contributed by atoms with Gasteiger partial charge < -0.3 is 10.0 Å². The molecule has 1 saturated heterocycles. The van der Waals surface area contributed by atoms with Gasteiger partial charge in [-0.2, -0.15) is 5.26 Å². The van der Waals surface area contributed by atoms with Crippen molar-refractivity contribution in [2.75, 3.05) is 18.0 Å². The second-order valence-electron chi connectivity index (χ2n) is 4.81. The van der Waals surface area contributed by atoms with Crippen LogP contribution in [0, 0.1) is 24.1 Å². The zero-order chi connectivity index (χ0) is 13.6. The fraction of sp³-hybridized carbons (Fsp3) is 0.286. The fourth-order valence-electron chi connectivity index (χ4n) is 2.48. The van der Waals surface area contributed by atoms with Gasteiger partial charge in [0, 0.05) is 24.7 Å². The number of fused-ring (bicyclic) bond motifs is 1. The van der Waals surface area contributed by atoms with E-state index >= 15 is 0 Å². The number of nitrogens with zero attached hydrogens (tertiary/aromatic N) is 3. The highest BCUT2D eigenvalue weighted by Crippen LogP contribution is 2.34. The van der Waals surface area contributed by atoms with Crippen LogP contribution in [0.1, 0.15) is 11.1 Å². The van der Waals surface area contributed by atoms with E-state index in [0.29, 0.717) is 35.2 Å². The van der Waals surface area contributed by atoms with Crippen molar-refractivity contribution in [3.63, 3.8) is 0 Å². The molecule has 4 nitrogen and oxygen atoms in total. The first-order valence-electron chi connectivity index (χ1n) is 6.02. The molecule has 0 amide bonds. The van der Waals surface area contributed by atoms with Crippen LogP contribution in [0.4, 0.5) is 10.1 Å². The van der Waals surface area contributed by atoms with Crippen molar-refractivity contribution in [3.05, 3.63) is 35.3 Å². The number of benzene rings is 1. The first-order chi connectivity index (χ1) is 9.10. The molecule has 0 bridgehead atoms. The predicted molar refractivity (Wildman–Crippen MR) is 69.4 cm³/mol. The quantitative estimate of drug-likeness (QED) is 0.845. The van der Waals surface area contributed by atoms with Gasteiger partial charge in [0.25, 0.3) is 0 Å². The molecule has 3 rings (SSSR count). The van der Waals surface area contributed by atoms with Crippen LogP contribution in [0.5, 0.6) is 0 Å². The molecule has 0 atom stereocenters. The molecule has 1 aromatic carbocycles. The third-order valence-corrected chi connectivity index (χ3v) is 3.40. The van der Waals surface area contributed by atoms with E-state index in [9.17, 15) is 14.8 Å². The number of hydrogen-bond donors (Lipinski definition) is 1. The predicted octanol–water partition coefficient (Wildman–Crippen LogP) is 1.73. The summed E-state index contributed by atoms with van der Waals surface area (Å²) >= 11 is 0. The van der Waals surface area contributed by atoms with Crippen LogP contribution in [-0.2, 0) is 0 Å². The molecular weight excluding hydrogens is 245 g/mol. The summed E-state index contributed by atoms with van der Waals surface area (Å²) in [5, 5.41) is 19.2. The second-order valence-corrected chi connectivity index (χ2v) is 4.81. The van der Waals surface area contributed by atoms with Crippen molar-refractivity contribution in [3.8, 4) is 6.07 Å². The van der Waals surface area contributed by atoms with Crippen LogP contribution < -0.4 is 4.90 Å². The summed E-state index contributed by atoms with van der Waals surface area (Å²) < 4.78 is 13.6. The largest absolute Gasteiger partial charge is 0.389 e. The summed E-state index contributed by atoms with van der Waals surface area (Å²) in [6.45, 7) is 2.71. The maximum atomic E-state index is 13.6. The maximum absolute atomic E-state index is 13.6. The van der Waals surface area contributed by atoms with Crippen molar-refractivity contribution in [2.45, 2.75) is 13.0 Å². The molecule has 0 unspecified atom stereocenters. The Morgan fingerprint density at radius 3 is 2.84 bits per heavy atom. The van der Waals surface area contributed by atoms with E-state index in [0.717, 1.165) is 5.56 Å². The summed E-state index contributed by atoms with van der Waals surface area (Å²) in [5.41, 5.74) is 2.50. The fourth-order valence-corrected chi connectivity index (χ4v) is 2.48. The second kappa shape index (κ2) is 4.18. The lowest BCUT2D eigenvalue weighted by Gasteiger charge is -2.38. The zero-order valence-electron chi connectivity index (χ0n) is 10.4. The number of aliphatic hydroxyl groups is 1. The van der Waals surface area contributed by atoms with Gasteiger partial charge >= 0.3 is 0 Å². The summed E-state index contributed by atoms with van der Waals surface area (Å²) in [7, 11) is 0. The monoisotopic (exact) mass is 257 g/mol. The van der Waals surface area contributed by atoms with E-state index in [1.165, 1.54) is 18.3 Å². The van der Waals surface area contributed by atoms with Crippen molar-refractivity contribution < 1.29 is 9.50 Å². The molecule has 1 aliphatic rings. The van der Waals surface area contributed by atoms with Gasteiger partial charge in [-0.05, 0) is 24.6 Å². The molecule has 0 saturated carbocycles. The molecule has 96 valence electrons. The number of pyridine rings is 1. The smallest absolute Gasteiger partial charge is 0.124 e. The molecule has 0 radical (unpaired) electrons. The highest BCUT2D eigenvalue weighted by molar-refractivity contribution is 5.96. The summed E-state index contributed by atoms with van der Waals surface area (Å²) in [4.78, 5) is 6.12. The molecule has 19 heavy (non-hydrogen) atoms. The molecule has 0 spiro atoms. The number of hydrogen-bond acceptors (Lipinski definition) is 4. The molecular formula is C14H12FN3O. The number of halogens is 1. The van der Waals surface area contributed by atoms with Crippen LogP contribution in [0.25, 0.3) is 10.9 Å². The van der Waals surface area contributed by atoms with Gasteiger partial charge in [-0.1, -0.05) is 0 Å². The average Bonchev–Trinajstić information content (AvgIpc) is 2.33. The van der Waals surface area contributed by atoms with Crippen LogP contribution in [-0.4, -0.2) is 29.3 Å². The molecule has 1 aromatic heterocycles. The Labute approximate surface area is 109 Å². The highest BCUT2D eigenvalue weighted by Gasteiger charge is 2.28. The summed E-state index contributed by atoms with van der Waals surface area (Å²) in [6.07, 6.45) is 1.12. The third-order valence-electron chi connectivity index (χ3n) is 3.40. The Morgan fingerprint density at radius 1 is 1.47 bits per heavy atom. The average molecular weight is 257 g/mol. The number of β-amino-alcohol motifs (C(OH)–C–C–N with tert-alkyl or cyclic N) is 1. The minimum atomic E-state index is -0.385. The molecule has 5 heteroatoms. The van der Waals surface area contributed by atoms with Crippen molar-refractivity contribution in [2.24, 2.45) is 0 Å². The Kier molecular flexibility index (Phi) is 2.61. The van der Waals surface area contributed by atoms with E-state index in [1.807, 2.05) is 4.90 Å². The van der Waals surface area contributed by atoms with Crippen LogP contribution in [0.2, 0.25) is 0 Å². The maximum Gasteiger partial charge on any atom is 0.124 e. The minimum Gasteiger partial charge on any atom is -0.389 e. The number of aryl methyl sites for hydroxylation is 1. The normalized spacial score (nSPS) is 15.4. The van der Waals surface area contributed by atoms with Gasteiger partial charge in [0.1, 0.15) is 11.9 Å². The molecule has 2 aromatic rings. The van der Waals surface area contributed by atoms with E-state index in [1.54, 1.807) is 6.92 Å². The van der Waals surface area contributed by atoms with Crippen LogP contribution in [0.3, 0.4) is 0 Å². The topological polar surface area (TPSA) is 60.1 Å². The van der Waals surface area contributed by atoms with Crippen molar-refractivity contribution in [1.29, 1.82) is 5.26 Å². The number of aromatic nitrogens is 1. The lowest BCUT2D eigenvalue weighted by Crippen LogP contribution is -2.51. The van der Waals surface area contributed by atoms with Crippen molar-refractivity contribution in [1.82, 2.24) is 4.98 Å². The number of nitriles is 1. The molecule has 2 heterocycles. The van der Waals surface area contributed by atoms with Gasteiger partial charge in [0.2, 0.25) is 0 Å². The van der Waals surface area contributed by atoms with Gasteiger partial charge in [0.05, 0.1) is 22.9 Å². The van der Waals surface area contributed by atoms with Crippen LogP contribution >= 0.6 is 0 Å². The standard InChI is InChI=1S/C14H12FN3O/c1-8-2-10(15)3-12-13(8)17-5-9(4-16)14(12)18-6-11(19)7-18/h2-3,5,11,19H,6-7H2,1H3. The number of rotatable bonds is 1. The SMILES string of the molecule is Cc1cc(F)cc2c(N3CC(O)C3)c(C#N)cnc12. The van der Waals surface area contributed by atoms with E-state index < -0.39 is 0 Å². The number of aliphatic hydroxyl groups excluding tert-OH is 1. The first-order valence-corrected chi connectivity index (χ1v) is 6.02. The van der Waals surface area contributed by atoms with Gasteiger partial charge in [-0.3, -0.25) is 4.98 Å². The van der Waals surface area contributed by atoms with Gasteiger partial charge in [-0.25, -0.2) is 4.39 Å². The Balaban J connectivity index is 2.29. The Bertz CT molecular complexity index is 702. The van der Waals surface area contributed by atoms with E-state index in [-0.39, 0.29) is 11.9 Å². The lowest BCUT2D eigenvalue weighted by atomic mass is 10.0. The molecule has 1 fully saturated rings. The zero-order valence-corrected chi connectivity index (χ0v) is 10.4.